The summed E-state index contributed by atoms with van der Waals surface area (Å²) in [5.41, 5.74) is 1.77. The van der Waals surface area contributed by atoms with Gasteiger partial charge in [0, 0.05) is 24.1 Å². The van der Waals surface area contributed by atoms with Crippen LogP contribution in [-0.4, -0.2) is 55.1 Å². The number of aryl methyl sites for hydroxylation is 1. The zero-order valence-electron chi connectivity index (χ0n) is 19.0. The lowest BCUT2D eigenvalue weighted by molar-refractivity contribution is -0.140. The molecule has 0 bridgehead atoms. The molecule has 0 radical (unpaired) electrons. The second kappa shape index (κ2) is 11.1. The molecule has 2 rings (SSSR count). The van der Waals surface area contributed by atoms with Gasteiger partial charge in [-0.15, -0.1) is 0 Å². The summed E-state index contributed by atoms with van der Waals surface area (Å²) >= 11 is 3.38. The van der Waals surface area contributed by atoms with E-state index < -0.39 is 22.0 Å². The fraction of sp³-hybridized carbons (Fsp3) is 0.391. The van der Waals surface area contributed by atoms with Gasteiger partial charge in [0.15, 0.2) is 0 Å². The molecule has 7 nitrogen and oxygen atoms in total. The van der Waals surface area contributed by atoms with Crippen molar-refractivity contribution in [3.8, 4) is 0 Å². The van der Waals surface area contributed by atoms with Crippen LogP contribution in [-0.2, 0) is 26.2 Å². The van der Waals surface area contributed by atoms with Crippen molar-refractivity contribution in [2.24, 2.45) is 0 Å². The van der Waals surface area contributed by atoms with Crippen LogP contribution in [0.15, 0.2) is 57.9 Å². The highest BCUT2D eigenvalue weighted by Crippen LogP contribution is 2.17. The molecule has 0 aliphatic rings. The zero-order chi connectivity index (χ0) is 24.1. The van der Waals surface area contributed by atoms with Gasteiger partial charge in [0.25, 0.3) is 0 Å². The van der Waals surface area contributed by atoms with Gasteiger partial charge < -0.3 is 10.2 Å². The summed E-state index contributed by atoms with van der Waals surface area (Å²) in [7, 11) is -2.48. The highest BCUT2D eigenvalue weighted by molar-refractivity contribution is 9.10. The molecular weight excluding hydrogens is 494 g/mol. The molecule has 1 N–H and O–H groups in total. The molecular formula is C23H30BrN3O4S. The first-order valence-electron chi connectivity index (χ1n) is 10.3. The lowest BCUT2D eigenvalue weighted by atomic mass is 10.1. The van der Waals surface area contributed by atoms with Crippen molar-refractivity contribution in [1.82, 2.24) is 14.5 Å². The van der Waals surface area contributed by atoms with Crippen molar-refractivity contribution >= 4 is 37.8 Å². The van der Waals surface area contributed by atoms with Gasteiger partial charge in [-0.2, -0.15) is 4.31 Å². The van der Waals surface area contributed by atoms with Crippen LogP contribution < -0.4 is 5.32 Å². The van der Waals surface area contributed by atoms with Crippen LogP contribution in [0, 0.1) is 6.92 Å². The monoisotopic (exact) mass is 523 g/mol. The Labute approximate surface area is 199 Å². The van der Waals surface area contributed by atoms with Crippen LogP contribution in [0.4, 0.5) is 0 Å². The molecule has 1 unspecified atom stereocenters. The molecule has 2 aromatic carbocycles. The van der Waals surface area contributed by atoms with E-state index in [9.17, 15) is 18.0 Å². The minimum absolute atomic E-state index is 0.0841. The standard InChI is InChI=1S/C23H30BrN3O4S/c1-16(2)25-23(29)18(4)27(14-19-8-10-20(24)11-9-19)22(28)15-26(5)32(30,31)21-12-6-17(3)7-13-21/h6-13,16,18H,14-15H2,1-5H3,(H,25,29). The minimum atomic E-state index is -3.85. The fourth-order valence-electron chi connectivity index (χ4n) is 3.03. The molecule has 0 aromatic heterocycles. The first-order chi connectivity index (χ1) is 14.9. The van der Waals surface area contributed by atoms with Gasteiger partial charge in [-0.3, -0.25) is 9.59 Å². The Kier molecular flexibility index (Phi) is 9.00. The molecule has 0 heterocycles. The number of carbonyl (C=O) groups excluding carboxylic acids is 2. The van der Waals surface area contributed by atoms with Crippen LogP contribution in [0.2, 0.25) is 0 Å². The van der Waals surface area contributed by atoms with E-state index in [1.807, 2.05) is 45.0 Å². The molecule has 0 aliphatic heterocycles. The third-order valence-electron chi connectivity index (χ3n) is 4.95. The summed E-state index contributed by atoms with van der Waals surface area (Å²) in [5, 5.41) is 2.82. The smallest absolute Gasteiger partial charge is 0.243 e. The van der Waals surface area contributed by atoms with Crippen molar-refractivity contribution in [3.05, 3.63) is 64.1 Å². The van der Waals surface area contributed by atoms with Crippen molar-refractivity contribution in [1.29, 1.82) is 0 Å². The largest absolute Gasteiger partial charge is 0.352 e. The van der Waals surface area contributed by atoms with Gasteiger partial charge in [-0.25, -0.2) is 8.42 Å². The van der Waals surface area contributed by atoms with E-state index in [1.165, 1.54) is 24.1 Å². The summed E-state index contributed by atoms with van der Waals surface area (Å²) in [6.07, 6.45) is 0. The van der Waals surface area contributed by atoms with Crippen molar-refractivity contribution < 1.29 is 18.0 Å². The molecule has 1 atom stereocenters. The Bertz CT molecular complexity index is 1040. The van der Waals surface area contributed by atoms with Gasteiger partial charge >= 0.3 is 0 Å². The van der Waals surface area contributed by atoms with Gasteiger partial charge in [-0.1, -0.05) is 45.8 Å². The zero-order valence-corrected chi connectivity index (χ0v) is 21.4. The van der Waals surface area contributed by atoms with E-state index in [-0.39, 0.29) is 29.9 Å². The predicted molar refractivity (Wildman–Crippen MR) is 128 cm³/mol. The Morgan fingerprint density at radius 1 is 1.00 bits per heavy atom. The second-order valence-corrected chi connectivity index (χ2v) is 11.0. The average molecular weight is 524 g/mol. The van der Waals surface area contributed by atoms with Crippen LogP contribution in [0.1, 0.15) is 31.9 Å². The lowest BCUT2D eigenvalue weighted by Crippen LogP contribution is -2.51. The Morgan fingerprint density at radius 3 is 2.09 bits per heavy atom. The maximum atomic E-state index is 13.2. The quantitative estimate of drug-likeness (QED) is 0.546. The Morgan fingerprint density at radius 2 is 1.56 bits per heavy atom. The molecule has 0 saturated carbocycles. The van der Waals surface area contributed by atoms with E-state index in [2.05, 4.69) is 21.2 Å². The molecule has 2 amide bonds. The van der Waals surface area contributed by atoms with Crippen LogP contribution in [0.5, 0.6) is 0 Å². The van der Waals surface area contributed by atoms with Gasteiger partial charge in [0.05, 0.1) is 11.4 Å². The summed E-state index contributed by atoms with van der Waals surface area (Å²) in [6, 6.07) is 13.0. The summed E-state index contributed by atoms with van der Waals surface area (Å²) in [4.78, 5) is 27.4. The molecule has 174 valence electrons. The first kappa shape index (κ1) is 26.0. The van der Waals surface area contributed by atoms with Gasteiger partial charge in [-0.05, 0) is 57.5 Å². The van der Waals surface area contributed by atoms with E-state index >= 15 is 0 Å². The number of carbonyl (C=O) groups is 2. The lowest BCUT2D eigenvalue weighted by Gasteiger charge is -2.30. The molecule has 0 fully saturated rings. The van der Waals surface area contributed by atoms with Crippen LogP contribution >= 0.6 is 15.9 Å². The minimum Gasteiger partial charge on any atom is -0.352 e. The summed E-state index contributed by atoms with van der Waals surface area (Å²) < 4.78 is 27.7. The number of nitrogens with one attached hydrogen (secondary N) is 1. The topological polar surface area (TPSA) is 86.8 Å². The third-order valence-corrected chi connectivity index (χ3v) is 7.30. The van der Waals surface area contributed by atoms with Crippen molar-refractivity contribution in [2.45, 2.75) is 51.2 Å². The van der Waals surface area contributed by atoms with Gasteiger partial charge in [0.1, 0.15) is 6.04 Å². The van der Waals surface area contributed by atoms with Crippen LogP contribution in [0.25, 0.3) is 0 Å². The maximum absolute atomic E-state index is 13.2. The maximum Gasteiger partial charge on any atom is 0.243 e. The average Bonchev–Trinajstić information content (AvgIpc) is 2.72. The SMILES string of the molecule is Cc1ccc(S(=O)(=O)N(C)CC(=O)N(Cc2ccc(Br)cc2)C(C)C(=O)NC(C)C)cc1. The van der Waals surface area contributed by atoms with Crippen LogP contribution in [0.3, 0.4) is 0 Å². The number of likely N-dealkylation sites (N-methyl/N-ethyl adjacent to an activating group) is 1. The summed E-state index contributed by atoms with van der Waals surface area (Å²) in [6.45, 7) is 6.99. The van der Waals surface area contributed by atoms with E-state index in [0.717, 1.165) is 19.9 Å². The highest BCUT2D eigenvalue weighted by Gasteiger charge is 2.30. The molecule has 0 aliphatic carbocycles. The van der Waals surface area contributed by atoms with E-state index in [4.69, 9.17) is 0 Å². The number of hydrogen-bond acceptors (Lipinski definition) is 4. The highest BCUT2D eigenvalue weighted by atomic mass is 79.9. The number of nitrogens with zero attached hydrogens (tertiary/aromatic N) is 2. The molecule has 32 heavy (non-hydrogen) atoms. The van der Waals surface area contributed by atoms with Crippen molar-refractivity contribution in [3.63, 3.8) is 0 Å². The normalized spacial score (nSPS) is 12.6. The third kappa shape index (κ3) is 6.88. The van der Waals surface area contributed by atoms with Crippen molar-refractivity contribution in [2.75, 3.05) is 13.6 Å². The Balaban J connectivity index is 2.26. The summed E-state index contributed by atoms with van der Waals surface area (Å²) in [5.74, 6) is -0.757. The van der Waals surface area contributed by atoms with E-state index in [1.54, 1.807) is 19.1 Å². The number of sulfonamides is 1. The predicted octanol–water partition coefficient (Wildman–Crippen LogP) is 3.32. The molecule has 0 saturated heterocycles. The number of halogens is 1. The molecule has 0 spiro atoms. The number of benzene rings is 2. The fourth-order valence-corrected chi connectivity index (χ4v) is 4.42. The first-order valence-corrected chi connectivity index (χ1v) is 12.5. The Hall–Kier alpha value is -2.23. The number of amides is 2. The second-order valence-electron chi connectivity index (χ2n) is 8.06. The number of hydrogen-bond donors (Lipinski definition) is 1. The molecule has 2 aromatic rings. The van der Waals surface area contributed by atoms with E-state index in [0.29, 0.717) is 0 Å². The number of rotatable bonds is 9. The molecule has 9 heteroatoms. The van der Waals surface area contributed by atoms with Gasteiger partial charge in [0.2, 0.25) is 21.8 Å².